The van der Waals surface area contributed by atoms with Gasteiger partial charge in [0.05, 0.1) is 11.1 Å². The van der Waals surface area contributed by atoms with E-state index >= 15 is 0 Å². The highest BCUT2D eigenvalue weighted by Crippen LogP contribution is 2.22. The molecule has 2 aliphatic rings. The zero-order valence-corrected chi connectivity index (χ0v) is 18.9. The second kappa shape index (κ2) is 9.60. The van der Waals surface area contributed by atoms with Gasteiger partial charge in [0, 0.05) is 56.1 Å². The molecule has 2 aliphatic heterocycles. The van der Waals surface area contributed by atoms with Gasteiger partial charge in [0.2, 0.25) is 0 Å². The van der Waals surface area contributed by atoms with Gasteiger partial charge in [0.15, 0.2) is 0 Å². The first-order valence-electron chi connectivity index (χ1n) is 11.1. The lowest BCUT2D eigenvalue weighted by Gasteiger charge is -2.35. The van der Waals surface area contributed by atoms with Crippen LogP contribution in [0.2, 0.25) is 0 Å². The Kier molecular flexibility index (Phi) is 7.10. The molecule has 0 bridgehead atoms. The normalized spacial score (nSPS) is 16.9. The maximum atomic E-state index is 12.7. The Morgan fingerprint density at radius 1 is 1.06 bits per heavy atom. The number of hydrogen-bond donors (Lipinski definition) is 2. The fourth-order valence-electron chi connectivity index (χ4n) is 3.74. The van der Waals surface area contributed by atoms with Gasteiger partial charge in [-0.15, -0.1) is 0 Å². The van der Waals surface area contributed by atoms with Crippen molar-refractivity contribution in [3.8, 4) is 0 Å². The highest BCUT2D eigenvalue weighted by Gasteiger charge is 2.32. The van der Waals surface area contributed by atoms with Crippen LogP contribution >= 0.6 is 0 Å². The van der Waals surface area contributed by atoms with Gasteiger partial charge in [0.1, 0.15) is 11.4 Å². The number of likely N-dealkylation sites (tertiary alicyclic amines) is 1. The van der Waals surface area contributed by atoms with Crippen LogP contribution in [0.25, 0.3) is 10.9 Å². The Balaban J connectivity index is 0.00000132. The van der Waals surface area contributed by atoms with Crippen LogP contribution in [0.4, 0.5) is 5.82 Å². The maximum absolute atomic E-state index is 12.7. The van der Waals surface area contributed by atoms with Crippen LogP contribution in [0.3, 0.4) is 0 Å². The van der Waals surface area contributed by atoms with Gasteiger partial charge < -0.3 is 20.2 Å². The summed E-state index contributed by atoms with van der Waals surface area (Å²) in [5, 5.41) is 13.8. The number of aliphatic hydroxyl groups is 1. The van der Waals surface area contributed by atoms with Gasteiger partial charge in [-0.25, -0.2) is 4.98 Å². The molecule has 4 heterocycles. The average molecular weight is 428 g/mol. The molecule has 2 fully saturated rings. The Bertz CT molecular complexity index is 928. The number of amides is 2. The molecular weight excluding hydrogens is 394 g/mol. The molecule has 2 saturated heterocycles. The van der Waals surface area contributed by atoms with Crippen LogP contribution in [0.5, 0.6) is 0 Å². The topological polar surface area (TPSA) is 98.7 Å². The Hall–Kier alpha value is -2.74. The average Bonchev–Trinajstić information content (AvgIpc) is 2.73. The standard InChI is InChI=1S/C21H27N5O3.C2H6/c1-21(2,29)20(28)26-8-4-16(5-9-26)24-19(27)15-10-14-12-23-18(25-6-3-7-25)11-17(14)22-13-15;1-2/h10-13,16,29H,3-9H2,1-2H3,(H,24,27);1-2H3. The van der Waals surface area contributed by atoms with Gasteiger partial charge in [0.25, 0.3) is 11.8 Å². The summed E-state index contributed by atoms with van der Waals surface area (Å²) in [7, 11) is 0. The highest BCUT2D eigenvalue weighted by atomic mass is 16.3. The van der Waals surface area contributed by atoms with Crippen molar-refractivity contribution < 1.29 is 14.7 Å². The summed E-state index contributed by atoms with van der Waals surface area (Å²) in [6, 6.07) is 3.78. The first kappa shape index (κ1) is 22.9. The van der Waals surface area contributed by atoms with Crippen LogP contribution in [0.1, 0.15) is 57.3 Å². The second-order valence-electron chi connectivity index (χ2n) is 8.40. The SMILES string of the molecule is CC.CC(C)(O)C(=O)N1CCC(NC(=O)c2cnc3cc(N4CCC4)ncc3c2)CC1. The zero-order valence-electron chi connectivity index (χ0n) is 18.9. The smallest absolute Gasteiger partial charge is 0.253 e. The summed E-state index contributed by atoms with van der Waals surface area (Å²) < 4.78 is 0. The molecule has 0 spiro atoms. The number of nitrogens with zero attached hydrogens (tertiary/aromatic N) is 4. The fraction of sp³-hybridized carbons (Fsp3) is 0.565. The Labute approximate surface area is 183 Å². The fourth-order valence-corrected chi connectivity index (χ4v) is 3.74. The molecular formula is C23H33N5O3. The van der Waals surface area contributed by atoms with E-state index < -0.39 is 5.60 Å². The van der Waals surface area contributed by atoms with Crippen molar-refractivity contribution in [2.24, 2.45) is 0 Å². The largest absolute Gasteiger partial charge is 0.381 e. The predicted octanol–water partition coefficient (Wildman–Crippen LogP) is 2.36. The summed E-state index contributed by atoms with van der Waals surface area (Å²) in [4.78, 5) is 37.6. The van der Waals surface area contributed by atoms with Crippen LogP contribution in [0, 0.1) is 0 Å². The third kappa shape index (κ3) is 5.31. The Morgan fingerprint density at radius 2 is 1.74 bits per heavy atom. The van der Waals surface area contributed by atoms with E-state index in [0.29, 0.717) is 31.5 Å². The van der Waals surface area contributed by atoms with Crippen molar-refractivity contribution >= 4 is 28.5 Å². The highest BCUT2D eigenvalue weighted by molar-refractivity contribution is 5.97. The molecule has 2 amide bonds. The number of piperidine rings is 1. The zero-order chi connectivity index (χ0) is 22.6. The minimum Gasteiger partial charge on any atom is -0.381 e. The number of carbonyl (C=O) groups is 2. The first-order chi connectivity index (χ1) is 14.8. The molecule has 8 nitrogen and oxygen atoms in total. The lowest BCUT2D eigenvalue weighted by molar-refractivity contribution is -0.148. The Morgan fingerprint density at radius 3 is 2.32 bits per heavy atom. The molecule has 2 N–H and O–H groups in total. The molecule has 168 valence electrons. The summed E-state index contributed by atoms with van der Waals surface area (Å²) in [5.41, 5.74) is -0.0287. The van der Waals surface area contributed by atoms with Gasteiger partial charge in [-0.1, -0.05) is 13.8 Å². The number of pyridine rings is 2. The van der Waals surface area contributed by atoms with Gasteiger partial charge in [-0.2, -0.15) is 0 Å². The van der Waals surface area contributed by atoms with E-state index in [9.17, 15) is 14.7 Å². The monoisotopic (exact) mass is 427 g/mol. The van der Waals surface area contributed by atoms with Crippen molar-refractivity contribution in [3.63, 3.8) is 0 Å². The van der Waals surface area contributed by atoms with Crippen molar-refractivity contribution in [3.05, 3.63) is 30.1 Å². The third-order valence-corrected chi connectivity index (χ3v) is 5.63. The maximum Gasteiger partial charge on any atom is 0.253 e. The number of nitrogens with one attached hydrogen (secondary N) is 1. The summed E-state index contributed by atoms with van der Waals surface area (Å²) >= 11 is 0. The van der Waals surface area contributed by atoms with Crippen LogP contribution in [-0.4, -0.2) is 69.6 Å². The molecule has 31 heavy (non-hydrogen) atoms. The summed E-state index contributed by atoms with van der Waals surface area (Å²) in [6.45, 7) is 10.1. The molecule has 0 radical (unpaired) electrons. The molecule has 0 saturated carbocycles. The minimum atomic E-state index is -1.36. The molecule has 2 aromatic heterocycles. The van der Waals surface area contributed by atoms with Crippen molar-refractivity contribution in [1.29, 1.82) is 0 Å². The second-order valence-corrected chi connectivity index (χ2v) is 8.40. The predicted molar refractivity (Wildman–Crippen MR) is 121 cm³/mol. The van der Waals surface area contributed by atoms with Gasteiger partial charge in [-0.05, 0) is 39.2 Å². The number of anilines is 1. The molecule has 0 unspecified atom stereocenters. The van der Waals surface area contributed by atoms with E-state index in [1.165, 1.54) is 20.3 Å². The summed E-state index contributed by atoms with van der Waals surface area (Å²) in [5.74, 6) is 0.491. The van der Waals surface area contributed by atoms with Gasteiger partial charge in [-0.3, -0.25) is 14.6 Å². The quantitative estimate of drug-likeness (QED) is 0.777. The number of carbonyl (C=O) groups excluding carboxylic acids is 2. The van der Waals surface area contributed by atoms with Crippen LogP contribution in [-0.2, 0) is 4.79 Å². The van der Waals surface area contributed by atoms with E-state index in [0.717, 1.165) is 29.8 Å². The number of fused-ring (bicyclic) bond motifs is 1. The lowest BCUT2D eigenvalue weighted by Crippen LogP contribution is -2.51. The minimum absolute atomic E-state index is 0.00373. The molecule has 0 aromatic carbocycles. The number of hydrogen-bond acceptors (Lipinski definition) is 6. The molecule has 0 atom stereocenters. The third-order valence-electron chi connectivity index (χ3n) is 5.63. The van der Waals surface area contributed by atoms with Gasteiger partial charge >= 0.3 is 0 Å². The first-order valence-corrected chi connectivity index (χ1v) is 11.1. The van der Waals surface area contributed by atoms with E-state index in [2.05, 4.69) is 20.2 Å². The molecule has 2 aromatic rings. The van der Waals surface area contributed by atoms with Crippen molar-refractivity contribution in [2.45, 2.75) is 58.6 Å². The van der Waals surface area contributed by atoms with Crippen LogP contribution in [0.15, 0.2) is 24.5 Å². The van der Waals surface area contributed by atoms with E-state index in [-0.39, 0.29) is 17.9 Å². The number of aromatic nitrogens is 2. The van der Waals surface area contributed by atoms with E-state index in [1.807, 2.05) is 26.0 Å². The van der Waals surface area contributed by atoms with Crippen LogP contribution < -0.4 is 10.2 Å². The van der Waals surface area contributed by atoms with Crippen molar-refractivity contribution in [1.82, 2.24) is 20.2 Å². The van der Waals surface area contributed by atoms with Crippen molar-refractivity contribution in [2.75, 3.05) is 31.1 Å². The summed E-state index contributed by atoms with van der Waals surface area (Å²) in [6.07, 6.45) is 5.89. The van der Waals surface area contributed by atoms with E-state index in [4.69, 9.17) is 0 Å². The van der Waals surface area contributed by atoms with E-state index in [1.54, 1.807) is 17.3 Å². The number of rotatable bonds is 4. The molecule has 4 rings (SSSR count). The molecule has 8 heteroatoms. The lowest BCUT2D eigenvalue weighted by atomic mass is 10.0. The molecule has 0 aliphatic carbocycles.